The highest BCUT2D eigenvalue weighted by Gasteiger charge is 2.15. The van der Waals surface area contributed by atoms with Crippen molar-refractivity contribution in [2.24, 2.45) is 0 Å². The van der Waals surface area contributed by atoms with Crippen molar-refractivity contribution in [1.29, 1.82) is 0 Å². The van der Waals surface area contributed by atoms with Crippen molar-refractivity contribution in [2.75, 3.05) is 0 Å². The molecule has 0 amide bonds. The molecule has 0 aliphatic carbocycles. The lowest BCUT2D eigenvalue weighted by Gasteiger charge is -2.17. The van der Waals surface area contributed by atoms with Gasteiger partial charge in [-0.05, 0) is 34.8 Å². The molecule has 0 spiro atoms. The van der Waals surface area contributed by atoms with Crippen molar-refractivity contribution in [2.45, 2.75) is 110 Å². The van der Waals surface area contributed by atoms with Crippen molar-refractivity contribution < 1.29 is 43.1 Å². The second kappa shape index (κ2) is 14.4. The van der Waals surface area contributed by atoms with Crippen molar-refractivity contribution in [3.05, 3.63) is 60.2 Å². The summed E-state index contributed by atoms with van der Waals surface area (Å²) in [7, 11) is 0. The molecule has 31 heavy (non-hydrogen) atoms. The predicted molar refractivity (Wildman–Crippen MR) is 123 cm³/mol. The molecule has 0 aromatic carbocycles. The topological polar surface area (TPSA) is 7.76 Å². The first-order chi connectivity index (χ1) is 13.7. The number of aryl methyl sites for hydroxylation is 2. The van der Waals surface area contributed by atoms with Gasteiger partial charge in [-0.25, -0.2) is 9.13 Å². The molecular weight excluding hydrogens is 512 g/mol. The minimum atomic E-state index is 0. The zero-order chi connectivity index (χ0) is 21.3. The summed E-state index contributed by atoms with van der Waals surface area (Å²) in [5.41, 5.74) is 3.31. The minimum Gasteiger partial charge on any atom is -1.00 e. The third kappa shape index (κ3) is 11.6. The van der Waals surface area contributed by atoms with Crippen LogP contribution >= 0.6 is 0 Å². The molecule has 176 valence electrons. The Morgan fingerprint density at radius 2 is 0.742 bits per heavy atom. The van der Waals surface area contributed by atoms with E-state index in [1.165, 1.54) is 56.1 Å². The van der Waals surface area contributed by atoms with Crippen LogP contribution in [0.25, 0.3) is 0 Å². The average Bonchev–Trinajstić information content (AvgIpc) is 2.66. The molecular formula is C27H44Br2N2. The maximum atomic E-state index is 2.33. The molecule has 2 aromatic heterocycles. The van der Waals surface area contributed by atoms with E-state index in [1.807, 2.05) is 0 Å². The highest BCUT2D eigenvalue weighted by Crippen LogP contribution is 2.21. The highest BCUT2D eigenvalue weighted by molar-refractivity contribution is 5.18. The van der Waals surface area contributed by atoms with Crippen LogP contribution in [0.5, 0.6) is 0 Å². The molecule has 2 nitrogen and oxygen atoms in total. The summed E-state index contributed by atoms with van der Waals surface area (Å²) in [4.78, 5) is 0. The fourth-order valence-electron chi connectivity index (χ4n) is 3.69. The summed E-state index contributed by atoms with van der Waals surface area (Å²) in [5.74, 6) is 0. The number of unbranched alkanes of at least 4 members (excludes halogenated alkanes) is 6. The van der Waals surface area contributed by atoms with E-state index in [2.05, 4.69) is 99.7 Å². The van der Waals surface area contributed by atoms with E-state index in [1.54, 1.807) is 0 Å². The van der Waals surface area contributed by atoms with Gasteiger partial charge in [-0.3, -0.25) is 0 Å². The Labute approximate surface area is 213 Å². The molecule has 0 atom stereocenters. The number of hydrogen-bond acceptors (Lipinski definition) is 0. The standard InChI is InChI=1S/C27H44N2.2BrH/c1-26(2,3)24-14-20-28(21-15-24)18-12-10-8-7-9-11-13-19-29-22-16-25(17-23-29)27(4,5)6;;/h14-17,20-23H,7-13,18-19H2,1-6H3;2*1H/q+2;;/p-2. The maximum absolute atomic E-state index is 2.33. The number of aromatic nitrogens is 2. The fourth-order valence-corrected chi connectivity index (χ4v) is 3.69. The average molecular weight is 556 g/mol. The molecule has 0 radical (unpaired) electrons. The van der Waals surface area contributed by atoms with Gasteiger partial charge in [0.2, 0.25) is 0 Å². The molecule has 2 aromatic rings. The number of halogens is 2. The van der Waals surface area contributed by atoms with Crippen LogP contribution in [0.4, 0.5) is 0 Å². The number of hydrogen-bond donors (Lipinski definition) is 0. The number of pyridine rings is 2. The smallest absolute Gasteiger partial charge is 0.169 e. The van der Waals surface area contributed by atoms with Crippen LogP contribution in [0.2, 0.25) is 0 Å². The van der Waals surface area contributed by atoms with Crippen LogP contribution in [-0.2, 0) is 23.9 Å². The Morgan fingerprint density at radius 3 is 1.00 bits per heavy atom. The van der Waals surface area contributed by atoms with E-state index in [0.717, 1.165) is 13.1 Å². The molecule has 0 saturated heterocycles. The van der Waals surface area contributed by atoms with Crippen LogP contribution in [0.15, 0.2) is 49.1 Å². The van der Waals surface area contributed by atoms with Gasteiger partial charge in [0.05, 0.1) is 0 Å². The predicted octanol–water partition coefficient (Wildman–Crippen LogP) is 0.296. The molecule has 2 rings (SSSR count). The molecule has 0 saturated carbocycles. The Morgan fingerprint density at radius 1 is 0.484 bits per heavy atom. The number of rotatable bonds is 10. The first-order valence-electron chi connectivity index (χ1n) is 11.7. The van der Waals surface area contributed by atoms with Gasteiger partial charge in [0.25, 0.3) is 0 Å². The molecule has 0 aliphatic heterocycles. The summed E-state index contributed by atoms with van der Waals surface area (Å²) in [5, 5.41) is 0. The van der Waals surface area contributed by atoms with Gasteiger partial charge in [0.1, 0.15) is 13.1 Å². The van der Waals surface area contributed by atoms with Crippen LogP contribution in [0, 0.1) is 0 Å². The van der Waals surface area contributed by atoms with Gasteiger partial charge in [-0.1, -0.05) is 60.8 Å². The Hall–Kier alpha value is -0.740. The van der Waals surface area contributed by atoms with Gasteiger partial charge in [0, 0.05) is 37.1 Å². The quantitative estimate of drug-likeness (QED) is 0.294. The molecule has 0 N–H and O–H groups in total. The maximum Gasteiger partial charge on any atom is 0.169 e. The van der Waals surface area contributed by atoms with E-state index in [0.29, 0.717) is 0 Å². The van der Waals surface area contributed by atoms with Crippen molar-refractivity contribution in [1.82, 2.24) is 0 Å². The zero-order valence-electron chi connectivity index (χ0n) is 20.6. The van der Waals surface area contributed by atoms with Gasteiger partial charge in [-0.2, -0.15) is 0 Å². The Bertz CT molecular complexity index is 647. The molecule has 0 unspecified atom stereocenters. The molecule has 4 heteroatoms. The minimum absolute atomic E-state index is 0. The van der Waals surface area contributed by atoms with E-state index < -0.39 is 0 Å². The Kier molecular flexibility index (Phi) is 14.1. The van der Waals surface area contributed by atoms with E-state index in [9.17, 15) is 0 Å². The highest BCUT2D eigenvalue weighted by atomic mass is 79.9. The monoisotopic (exact) mass is 554 g/mol. The summed E-state index contributed by atoms with van der Waals surface area (Å²) < 4.78 is 4.66. The van der Waals surface area contributed by atoms with Crippen molar-refractivity contribution in [3.8, 4) is 0 Å². The second-order valence-electron chi connectivity index (χ2n) is 10.6. The van der Waals surface area contributed by atoms with Gasteiger partial charge >= 0.3 is 0 Å². The Balaban J connectivity index is 0.00000450. The third-order valence-corrected chi connectivity index (χ3v) is 5.85. The van der Waals surface area contributed by atoms with Crippen molar-refractivity contribution >= 4 is 0 Å². The summed E-state index contributed by atoms with van der Waals surface area (Å²) in [6.45, 7) is 15.9. The molecule has 0 aliphatic rings. The van der Waals surface area contributed by atoms with Crippen LogP contribution < -0.4 is 43.1 Å². The van der Waals surface area contributed by atoms with Crippen molar-refractivity contribution in [3.63, 3.8) is 0 Å². The van der Waals surface area contributed by atoms with E-state index in [4.69, 9.17) is 0 Å². The lowest BCUT2D eigenvalue weighted by molar-refractivity contribution is -0.697. The summed E-state index contributed by atoms with van der Waals surface area (Å²) >= 11 is 0. The number of nitrogens with zero attached hydrogens (tertiary/aromatic N) is 2. The first-order valence-corrected chi connectivity index (χ1v) is 11.7. The molecule has 2 heterocycles. The molecule has 0 bridgehead atoms. The lowest BCUT2D eigenvalue weighted by atomic mass is 9.88. The normalized spacial score (nSPS) is 11.5. The van der Waals surface area contributed by atoms with Gasteiger partial charge in [-0.15, -0.1) is 0 Å². The van der Waals surface area contributed by atoms with Crippen LogP contribution in [-0.4, -0.2) is 0 Å². The third-order valence-electron chi connectivity index (χ3n) is 5.85. The first kappa shape index (κ1) is 30.3. The van der Waals surface area contributed by atoms with E-state index in [-0.39, 0.29) is 44.8 Å². The van der Waals surface area contributed by atoms with Gasteiger partial charge < -0.3 is 34.0 Å². The lowest BCUT2D eigenvalue weighted by Crippen LogP contribution is -3.00. The second-order valence-corrected chi connectivity index (χ2v) is 10.6. The van der Waals surface area contributed by atoms with Gasteiger partial charge in [0.15, 0.2) is 24.8 Å². The van der Waals surface area contributed by atoms with Crippen LogP contribution in [0.3, 0.4) is 0 Å². The fraction of sp³-hybridized carbons (Fsp3) is 0.630. The summed E-state index contributed by atoms with van der Waals surface area (Å²) in [6.07, 6.45) is 18.3. The largest absolute Gasteiger partial charge is 1.00 e. The van der Waals surface area contributed by atoms with E-state index >= 15 is 0 Å². The van der Waals surface area contributed by atoms with Crippen LogP contribution in [0.1, 0.15) is 97.6 Å². The molecule has 0 fully saturated rings. The zero-order valence-corrected chi connectivity index (χ0v) is 23.8. The SMILES string of the molecule is CC(C)(C)c1cc[n+](CCCCCCCCC[n+]2ccc(C(C)(C)C)cc2)cc1.[Br-].[Br-]. The summed E-state index contributed by atoms with van der Waals surface area (Å²) in [6, 6.07) is 9.09.